The second-order valence-corrected chi connectivity index (χ2v) is 7.87. The Morgan fingerprint density at radius 2 is 1.45 bits per heavy atom. The summed E-state index contributed by atoms with van der Waals surface area (Å²) in [5, 5.41) is 3.01. The van der Waals surface area contributed by atoms with Crippen molar-refractivity contribution in [2.24, 2.45) is 0 Å². The summed E-state index contributed by atoms with van der Waals surface area (Å²) < 4.78 is 0. The fourth-order valence-corrected chi connectivity index (χ4v) is 4.01. The summed E-state index contributed by atoms with van der Waals surface area (Å²) in [6.07, 6.45) is 0. The third-order valence-electron chi connectivity index (χ3n) is 4.88. The number of carbonyl (C=O) groups is 1. The molecule has 0 aliphatic rings. The van der Waals surface area contributed by atoms with Crippen LogP contribution >= 0.6 is 11.8 Å². The number of nitrogens with zero attached hydrogens (tertiary/aromatic N) is 1. The molecule has 1 amide bonds. The van der Waals surface area contributed by atoms with Gasteiger partial charge in [0.05, 0.1) is 0 Å². The summed E-state index contributed by atoms with van der Waals surface area (Å²) in [5.41, 5.74) is 4.22. The largest absolute Gasteiger partial charge is 0.372 e. The van der Waals surface area contributed by atoms with Crippen molar-refractivity contribution >= 4 is 23.4 Å². The van der Waals surface area contributed by atoms with Crippen molar-refractivity contribution in [1.82, 2.24) is 5.32 Å². The number of hydrogen-bond acceptors (Lipinski definition) is 3. The molecule has 150 valence electrons. The lowest BCUT2D eigenvalue weighted by Crippen LogP contribution is -2.23. The van der Waals surface area contributed by atoms with Crippen LogP contribution in [0, 0.1) is 0 Å². The van der Waals surface area contributed by atoms with E-state index in [-0.39, 0.29) is 5.91 Å². The Bertz CT molecular complexity index is 888. The SMILES string of the molecule is CCN(CC)c1ccc(CNC(=O)c2ccc(CSc3ccccc3)cc2)cc1. The number of hydrogen-bond donors (Lipinski definition) is 1. The van der Waals surface area contributed by atoms with Crippen LogP contribution in [0.5, 0.6) is 0 Å². The molecular weight excluding hydrogens is 376 g/mol. The van der Waals surface area contributed by atoms with E-state index in [9.17, 15) is 4.79 Å². The first kappa shape index (κ1) is 21.0. The second kappa shape index (κ2) is 10.7. The predicted octanol–water partition coefficient (Wildman–Crippen LogP) is 5.76. The molecule has 0 unspecified atom stereocenters. The molecule has 0 fully saturated rings. The van der Waals surface area contributed by atoms with Crippen molar-refractivity contribution in [2.75, 3.05) is 18.0 Å². The van der Waals surface area contributed by atoms with Gasteiger partial charge in [0.25, 0.3) is 5.91 Å². The number of thioether (sulfide) groups is 1. The molecule has 29 heavy (non-hydrogen) atoms. The minimum atomic E-state index is -0.0416. The topological polar surface area (TPSA) is 32.3 Å². The number of amides is 1. The van der Waals surface area contributed by atoms with E-state index >= 15 is 0 Å². The van der Waals surface area contributed by atoms with Gasteiger partial charge in [-0.25, -0.2) is 0 Å². The zero-order valence-electron chi connectivity index (χ0n) is 17.1. The first-order valence-electron chi connectivity index (χ1n) is 10.1. The van der Waals surface area contributed by atoms with Crippen molar-refractivity contribution in [3.8, 4) is 0 Å². The van der Waals surface area contributed by atoms with Crippen molar-refractivity contribution in [2.45, 2.75) is 31.0 Å². The molecule has 0 aromatic heterocycles. The number of carbonyl (C=O) groups excluding carboxylic acids is 1. The van der Waals surface area contributed by atoms with Gasteiger partial charge in [-0.3, -0.25) is 4.79 Å². The van der Waals surface area contributed by atoms with Gasteiger partial charge >= 0.3 is 0 Å². The second-order valence-electron chi connectivity index (χ2n) is 6.82. The van der Waals surface area contributed by atoms with Crippen LogP contribution in [0.15, 0.2) is 83.8 Å². The van der Waals surface area contributed by atoms with Crippen molar-refractivity contribution in [1.29, 1.82) is 0 Å². The number of benzene rings is 3. The Balaban J connectivity index is 1.50. The average molecular weight is 405 g/mol. The summed E-state index contributed by atoms with van der Waals surface area (Å²) in [7, 11) is 0. The molecule has 0 atom stereocenters. The first-order valence-corrected chi connectivity index (χ1v) is 11.1. The molecule has 0 saturated heterocycles. The molecule has 0 aliphatic heterocycles. The van der Waals surface area contributed by atoms with E-state index < -0.39 is 0 Å². The van der Waals surface area contributed by atoms with Gasteiger partial charge < -0.3 is 10.2 Å². The Hall–Kier alpha value is -2.72. The highest BCUT2D eigenvalue weighted by Gasteiger charge is 2.06. The van der Waals surface area contributed by atoms with Gasteiger partial charge in [0.15, 0.2) is 0 Å². The van der Waals surface area contributed by atoms with Crippen LogP contribution in [0.3, 0.4) is 0 Å². The molecular formula is C25H28N2OS. The first-order chi connectivity index (χ1) is 14.2. The third kappa shape index (κ3) is 6.13. The summed E-state index contributed by atoms with van der Waals surface area (Å²) in [4.78, 5) is 16.0. The van der Waals surface area contributed by atoms with E-state index in [1.807, 2.05) is 42.5 Å². The van der Waals surface area contributed by atoms with Crippen LogP contribution < -0.4 is 10.2 Å². The Morgan fingerprint density at radius 1 is 0.828 bits per heavy atom. The molecule has 0 spiro atoms. The molecule has 0 aliphatic carbocycles. The molecule has 4 heteroatoms. The molecule has 0 radical (unpaired) electrons. The van der Waals surface area contributed by atoms with E-state index in [0.29, 0.717) is 12.1 Å². The number of anilines is 1. The maximum absolute atomic E-state index is 12.5. The highest BCUT2D eigenvalue weighted by Crippen LogP contribution is 2.22. The fourth-order valence-electron chi connectivity index (χ4n) is 3.13. The summed E-state index contributed by atoms with van der Waals surface area (Å²) in [5.74, 6) is 0.852. The van der Waals surface area contributed by atoms with Crippen LogP contribution in [0.1, 0.15) is 35.3 Å². The van der Waals surface area contributed by atoms with Gasteiger partial charge in [-0.1, -0.05) is 42.5 Å². The van der Waals surface area contributed by atoms with Crippen molar-refractivity contribution in [3.63, 3.8) is 0 Å². The van der Waals surface area contributed by atoms with Gasteiger partial charge in [-0.2, -0.15) is 0 Å². The normalized spacial score (nSPS) is 10.6. The van der Waals surface area contributed by atoms with Gasteiger partial charge in [0.2, 0.25) is 0 Å². The maximum atomic E-state index is 12.5. The molecule has 0 heterocycles. The average Bonchev–Trinajstić information content (AvgIpc) is 2.79. The van der Waals surface area contributed by atoms with E-state index in [4.69, 9.17) is 0 Å². The van der Waals surface area contributed by atoms with E-state index in [2.05, 4.69) is 60.5 Å². The quantitative estimate of drug-likeness (QED) is 0.461. The Kier molecular flexibility index (Phi) is 7.77. The van der Waals surface area contributed by atoms with E-state index in [0.717, 1.165) is 24.4 Å². The Labute approximate surface area is 178 Å². The molecule has 3 rings (SSSR count). The minimum Gasteiger partial charge on any atom is -0.372 e. The summed E-state index contributed by atoms with van der Waals surface area (Å²) in [6, 6.07) is 26.6. The predicted molar refractivity (Wildman–Crippen MR) is 124 cm³/mol. The third-order valence-corrected chi connectivity index (χ3v) is 5.97. The van der Waals surface area contributed by atoms with Crippen LogP contribution in [0.4, 0.5) is 5.69 Å². The highest BCUT2D eigenvalue weighted by molar-refractivity contribution is 7.98. The van der Waals surface area contributed by atoms with Crippen LogP contribution in [0.25, 0.3) is 0 Å². The maximum Gasteiger partial charge on any atom is 0.251 e. The van der Waals surface area contributed by atoms with Gasteiger partial charge in [0.1, 0.15) is 0 Å². The standard InChI is InChI=1S/C25H28N2OS/c1-3-27(4-2)23-16-12-20(13-17-23)18-26-25(28)22-14-10-21(11-15-22)19-29-24-8-6-5-7-9-24/h5-17H,3-4,18-19H2,1-2H3,(H,26,28). The molecule has 3 nitrogen and oxygen atoms in total. The van der Waals surface area contributed by atoms with E-state index in [1.54, 1.807) is 11.8 Å². The van der Waals surface area contributed by atoms with Crippen molar-refractivity contribution < 1.29 is 4.79 Å². The van der Waals surface area contributed by atoms with Crippen LogP contribution in [-0.2, 0) is 12.3 Å². The lowest BCUT2D eigenvalue weighted by atomic mass is 10.1. The molecule has 1 N–H and O–H groups in total. The number of nitrogens with one attached hydrogen (secondary N) is 1. The summed E-state index contributed by atoms with van der Waals surface area (Å²) in [6.45, 7) is 6.83. The minimum absolute atomic E-state index is 0.0416. The highest BCUT2D eigenvalue weighted by atomic mass is 32.2. The van der Waals surface area contributed by atoms with Crippen LogP contribution in [-0.4, -0.2) is 19.0 Å². The van der Waals surface area contributed by atoms with Gasteiger partial charge in [0, 0.05) is 41.5 Å². The van der Waals surface area contributed by atoms with E-state index in [1.165, 1.54) is 16.1 Å². The smallest absolute Gasteiger partial charge is 0.251 e. The monoisotopic (exact) mass is 404 g/mol. The zero-order chi connectivity index (χ0) is 20.5. The number of rotatable bonds is 9. The molecule has 0 bridgehead atoms. The lowest BCUT2D eigenvalue weighted by molar-refractivity contribution is 0.0951. The molecule has 0 saturated carbocycles. The zero-order valence-corrected chi connectivity index (χ0v) is 17.9. The lowest BCUT2D eigenvalue weighted by Gasteiger charge is -2.21. The molecule has 3 aromatic carbocycles. The van der Waals surface area contributed by atoms with Crippen LogP contribution in [0.2, 0.25) is 0 Å². The fraction of sp³-hybridized carbons (Fsp3) is 0.240. The Morgan fingerprint density at radius 3 is 2.07 bits per heavy atom. The van der Waals surface area contributed by atoms with Crippen molar-refractivity contribution in [3.05, 3.63) is 95.6 Å². The molecule has 3 aromatic rings. The van der Waals surface area contributed by atoms with Gasteiger partial charge in [-0.05, 0) is 61.4 Å². The summed E-state index contributed by atoms with van der Waals surface area (Å²) >= 11 is 1.80. The van der Waals surface area contributed by atoms with Gasteiger partial charge in [-0.15, -0.1) is 11.8 Å².